The summed E-state index contributed by atoms with van der Waals surface area (Å²) in [5.74, 6) is 0.305. The highest BCUT2D eigenvalue weighted by Gasteiger charge is 2.29. The van der Waals surface area contributed by atoms with Gasteiger partial charge in [0.05, 0.1) is 16.9 Å². The minimum Gasteiger partial charge on any atom is -0.396 e. The van der Waals surface area contributed by atoms with Crippen LogP contribution >= 0.6 is 0 Å². The van der Waals surface area contributed by atoms with Crippen LogP contribution in [0.2, 0.25) is 0 Å². The first-order valence-corrected chi connectivity index (χ1v) is 15.5. The van der Waals surface area contributed by atoms with E-state index < -0.39 is 5.54 Å². The fraction of sp³-hybridized carbons (Fsp3) is 0.588. The highest BCUT2D eigenvalue weighted by Crippen LogP contribution is 2.29. The largest absolute Gasteiger partial charge is 0.396 e. The van der Waals surface area contributed by atoms with Crippen LogP contribution in [-0.2, 0) is 24.9 Å². The van der Waals surface area contributed by atoms with Crippen molar-refractivity contribution in [1.29, 1.82) is 0 Å². The molecule has 0 radical (unpaired) electrons. The zero-order valence-corrected chi connectivity index (χ0v) is 27.6. The van der Waals surface area contributed by atoms with E-state index in [0.29, 0.717) is 37.2 Å². The number of hydrogen-bond acceptors (Lipinski definition) is 6. The molecule has 4 rings (SSSR count). The van der Waals surface area contributed by atoms with Gasteiger partial charge in [-0.1, -0.05) is 33.8 Å². The number of aliphatic hydroxyl groups is 1. The average molecular weight is 601 g/mol. The molecule has 9 heteroatoms. The van der Waals surface area contributed by atoms with Crippen LogP contribution in [0.25, 0.3) is 11.1 Å². The van der Waals surface area contributed by atoms with Gasteiger partial charge < -0.3 is 15.7 Å². The molecule has 1 fully saturated rings. The molecule has 0 amide bonds. The number of halogens is 2. The summed E-state index contributed by atoms with van der Waals surface area (Å²) in [6.07, 6.45) is 3.58. The van der Waals surface area contributed by atoms with Gasteiger partial charge in [-0.25, -0.2) is 8.78 Å². The Bertz CT molecular complexity index is 1250. The van der Waals surface area contributed by atoms with Crippen molar-refractivity contribution in [3.8, 4) is 11.1 Å². The van der Waals surface area contributed by atoms with Crippen LogP contribution in [0.3, 0.4) is 0 Å². The molecule has 1 saturated heterocycles. The number of rotatable bonds is 9. The van der Waals surface area contributed by atoms with Gasteiger partial charge in [0.15, 0.2) is 5.82 Å². The molecule has 0 bridgehead atoms. The Morgan fingerprint density at radius 2 is 1.65 bits per heavy atom. The molecule has 1 aliphatic rings. The zero-order chi connectivity index (χ0) is 32.2. The van der Waals surface area contributed by atoms with E-state index in [4.69, 9.17) is 5.73 Å². The third-order valence-electron chi connectivity index (χ3n) is 7.19. The lowest BCUT2D eigenvalue weighted by Gasteiger charge is -2.34. The van der Waals surface area contributed by atoms with E-state index in [9.17, 15) is 9.50 Å². The molecule has 0 atom stereocenters. The second-order valence-corrected chi connectivity index (χ2v) is 12.6. The van der Waals surface area contributed by atoms with Gasteiger partial charge in [-0.15, -0.1) is 0 Å². The number of pyridine rings is 1. The maximum absolute atomic E-state index is 15.1. The predicted molar refractivity (Wildman–Crippen MR) is 173 cm³/mol. The van der Waals surface area contributed by atoms with Crippen LogP contribution in [0.1, 0.15) is 70.6 Å². The van der Waals surface area contributed by atoms with Crippen LogP contribution in [0.15, 0.2) is 36.5 Å². The molecule has 1 aromatic carbocycles. The summed E-state index contributed by atoms with van der Waals surface area (Å²) in [4.78, 5) is 9.13. The number of aryl methyl sites for hydroxylation is 2. The van der Waals surface area contributed by atoms with Crippen molar-refractivity contribution < 1.29 is 13.9 Å². The molecule has 0 spiro atoms. The Balaban J connectivity index is 0.000000836. The Labute approximate surface area is 258 Å². The van der Waals surface area contributed by atoms with Crippen molar-refractivity contribution in [2.75, 3.05) is 46.4 Å². The molecule has 0 aliphatic carbocycles. The lowest BCUT2D eigenvalue weighted by atomic mass is 9.94. The Kier molecular flexibility index (Phi) is 14.9. The van der Waals surface area contributed by atoms with Crippen molar-refractivity contribution in [1.82, 2.24) is 24.6 Å². The van der Waals surface area contributed by atoms with Gasteiger partial charge >= 0.3 is 0 Å². The minimum absolute atomic E-state index is 0.00106. The average Bonchev–Trinajstić information content (AvgIpc) is 3.24. The summed E-state index contributed by atoms with van der Waals surface area (Å²) in [5.41, 5.74) is 8.91. The molecule has 0 unspecified atom stereocenters. The number of aromatic nitrogens is 3. The second-order valence-electron chi connectivity index (χ2n) is 12.6. The third kappa shape index (κ3) is 11.4. The molecule has 2 aromatic heterocycles. The fourth-order valence-electron chi connectivity index (χ4n) is 4.89. The van der Waals surface area contributed by atoms with E-state index >= 15 is 4.39 Å². The number of hydrogen-bond donors (Lipinski definition) is 2. The summed E-state index contributed by atoms with van der Waals surface area (Å²) >= 11 is 0. The molecule has 3 aromatic rings. The minimum atomic E-state index is -0.421. The maximum Gasteiger partial charge on any atom is 0.168 e. The maximum atomic E-state index is 15.1. The summed E-state index contributed by atoms with van der Waals surface area (Å²) in [5, 5.41) is 14.0. The summed E-state index contributed by atoms with van der Waals surface area (Å²) in [6, 6.07) is 8.50. The fourth-order valence-corrected chi connectivity index (χ4v) is 4.89. The summed E-state index contributed by atoms with van der Waals surface area (Å²) in [6.45, 7) is 19.4. The van der Waals surface area contributed by atoms with Crippen molar-refractivity contribution in [2.24, 2.45) is 11.7 Å². The first-order valence-electron chi connectivity index (χ1n) is 15.5. The van der Waals surface area contributed by atoms with Crippen LogP contribution in [0.5, 0.6) is 0 Å². The first kappa shape index (κ1) is 36.5. The van der Waals surface area contributed by atoms with Crippen molar-refractivity contribution >= 4 is 0 Å². The quantitative estimate of drug-likeness (QED) is 0.323. The first-order chi connectivity index (χ1) is 20.3. The molecule has 43 heavy (non-hydrogen) atoms. The highest BCUT2D eigenvalue weighted by molar-refractivity contribution is 5.67. The molecule has 1 aliphatic heterocycles. The van der Waals surface area contributed by atoms with E-state index in [-0.39, 0.29) is 18.2 Å². The van der Waals surface area contributed by atoms with Gasteiger partial charge in [-0.3, -0.25) is 14.6 Å². The number of likely N-dealkylation sites (N-methyl/N-ethyl adjacent to an activating group) is 1. The van der Waals surface area contributed by atoms with Crippen molar-refractivity contribution in [2.45, 2.75) is 79.8 Å². The lowest BCUT2D eigenvalue weighted by Crippen LogP contribution is -2.44. The van der Waals surface area contributed by atoms with Gasteiger partial charge in [0.2, 0.25) is 0 Å². The smallest absolute Gasteiger partial charge is 0.168 e. The predicted octanol–water partition coefficient (Wildman–Crippen LogP) is 5.81. The summed E-state index contributed by atoms with van der Waals surface area (Å²) < 4.78 is 31.0. The molecular formula is C34H54F2N6O. The van der Waals surface area contributed by atoms with E-state index in [0.717, 1.165) is 61.0 Å². The number of benzene rings is 1. The van der Waals surface area contributed by atoms with E-state index in [2.05, 4.69) is 61.5 Å². The van der Waals surface area contributed by atoms with E-state index in [1.165, 1.54) is 12.1 Å². The number of nitrogens with two attached hydrogens (primary N) is 1. The molecule has 3 heterocycles. The Morgan fingerprint density at radius 1 is 1.02 bits per heavy atom. The highest BCUT2D eigenvalue weighted by atomic mass is 19.1. The Morgan fingerprint density at radius 3 is 2.26 bits per heavy atom. The SMILES string of the molecule is CC(C)C.CCN.Cc1nn(C(C)(C)CCc2cc(-c3cc(F)ccc3CCO)ccn2)c(CN2CCN(C)CC2)c1F. The normalized spacial score (nSPS) is 14.3. The van der Waals surface area contributed by atoms with Gasteiger partial charge in [0.1, 0.15) is 5.82 Å². The molecule has 0 saturated carbocycles. The number of nitrogens with zero attached hydrogens (tertiary/aromatic N) is 5. The van der Waals surface area contributed by atoms with Crippen LogP contribution < -0.4 is 5.73 Å². The lowest BCUT2D eigenvalue weighted by molar-refractivity contribution is 0.139. The second kappa shape index (κ2) is 17.5. The molecule has 240 valence electrons. The molecular weight excluding hydrogens is 546 g/mol. The third-order valence-corrected chi connectivity index (χ3v) is 7.19. The van der Waals surface area contributed by atoms with Gasteiger partial charge in [-0.2, -0.15) is 5.10 Å². The van der Waals surface area contributed by atoms with Crippen LogP contribution in [0, 0.1) is 24.5 Å². The van der Waals surface area contributed by atoms with E-state index in [1.807, 2.05) is 23.7 Å². The summed E-state index contributed by atoms with van der Waals surface area (Å²) in [7, 11) is 2.11. The van der Waals surface area contributed by atoms with Crippen LogP contribution in [-0.4, -0.2) is 76.0 Å². The monoisotopic (exact) mass is 600 g/mol. The standard InChI is InChI=1S/C28H37F2N5O.C4H10.C2H7N/c1-20-27(30)26(19-34-14-12-33(4)13-15-34)35(32-20)28(2,3)10-7-24-17-22(8-11-31-24)25-18-23(29)6-5-21(25)9-16-36;1-4(2)3;1-2-3/h5-6,8,11,17-18,36H,7,9-10,12-16,19H2,1-4H3;4H,1-3H3;2-3H2,1H3. The van der Waals surface area contributed by atoms with E-state index in [1.54, 1.807) is 19.2 Å². The molecule has 7 nitrogen and oxygen atoms in total. The van der Waals surface area contributed by atoms with Crippen molar-refractivity contribution in [3.63, 3.8) is 0 Å². The van der Waals surface area contributed by atoms with Crippen LogP contribution in [0.4, 0.5) is 8.78 Å². The zero-order valence-electron chi connectivity index (χ0n) is 27.6. The molecule has 3 N–H and O–H groups in total. The van der Waals surface area contributed by atoms with Gasteiger partial charge in [-0.05, 0) is 100 Å². The Hall–Kier alpha value is -2.72. The number of aliphatic hydroxyl groups excluding tert-OH is 1. The topological polar surface area (TPSA) is 83.4 Å². The van der Waals surface area contributed by atoms with Crippen molar-refractivity contribution in [3.05, 3.63) is 70.8 Å². The van der Waals surface area contributed by atoms with Gasteiger partial charge in [0, 0.05) is 51.2 Å². The van der Waals surface area contributed by atoms with Gasteiger partial charge in [0.25, 0.3) is 0 Å². The number of piperazine rings is 1.